The first-order chi connectivity index (χ1) is 16.2. The van der Waals surface area contributed by atoms with Crippen molar-refractivity contribution in [2.24, 2.45) is 0 Å². The van der Waals surface area contributed by atoms with Crippen LogP contribution in [0.2, 0.25) is 5.02 Å². The van der Waals surface area contributed by atoms with Crippen LogP contribution in [0.1, 0.15) is 59.0 Å². The van der Waals surface area contributed by atoms with Crippen molar-refractivity contribution >= 4 is 27.5 Å². The smallest absolute Gasteiger partial charge is 0.254 e. The maximum atomic E-state index is 13.8. The molecule has 0 radical (unpaired) electrons. The van der Waals surface area contributed by atoms with Crippen LogP contribution >= 0.6 is 21.6 Å². The van der Waals surface area contributed by atoms with E-state index in [4.69, 9.17) is 16.9 Å². The van der Waals surface area contributed by atoms with Crippen molar-refractivity contribution < 1.29 is 4.79 Å². The molecule has 0 N–H and O–H groups in total. The molecule has 0 bridgehead atoms. The summed E-state index contributed by atoms with van der Waals surface area (Å²) < 4.78 is 1.63. The summed E-state index contributed by atoms with van der Waals surface area (Å²) in [4.78, 5) is 24.5. The molecule has 1 aliphatic rings. The van der Waals surface area contributed by atoms with Gasteiger partial charge in [0.2, 0.25) is 0 Å². The van der Waals surface area contributed by atoms with Gasteiger partial charge in [-0.15, -0.1) is 0 Å². The first-order valence-corrected chi connectivity index (χ1v) is 14.6. The van der Waals surface area contributed by atoms with E-state index >= 15 is 0 Å². The van der Waals surface area contributed by atoms with Gasteiger partial charge in [0.25, 0.3) is 5.91 Å². The molecule has 34 heavy (non-hydrogen) atoms. The number of halogens is 1. The summed E-state index contributed by atoms with van der Waals surface area (Å²) in [6.45, 7) is 2.56. The van der Waals surface area contributed by atoms with Gasteiger partial charge in [0.05, 0.1) is 11.6 Å². The summed E-state index contributed by atoms with van der Waals surface area (Å²) in [5.41, 5.74) is 2.21. The van der Waals surface area contributed by atoms with Crippen LogP contribution in [0.3, 0.4) is 0 Å². The molecule has 2 aromatic heterocycles. The molecule has 1 unspecified atom stereocenters. The zero-order valence-electron chi connectivity index (χ0n) is 19.9. The second-order valence-electron chi connectivity index (χ2n) is 9.56. The van der Waals surface area contributed by atoms with Gasteiger partial charge in [-0.25, -0.2) is 20.0 Å². The van der Waals surface area contributed by atoms with E-state index in [9.17, 15) is 4.79 Å². The number of carbonyl (C=O) groups excluding carboxylic acids is 1. The Hall–Kier alpha value is -2.89. The third-order valence-electron chi connectivity index (χ3n) is 5.93. The third kappa shape index (κ3) is 5.60. The van der Waals surface area contributed by atoms with Crippen LogP contribution in [-0.4, -0.2) is 61.6 Å². The number of hydrogen-bond acceptors (Lipinski definition) is 5. The normalized spacial score (nSPS) is 14.9. The topological polar surface area (TPSA) is 87.7 Å². The lowest BCUT2D eigenvalue weighted by molar-refractivity contribution is 0.0695. The van der Waals surface area contributed by atoms with Crippen molar-refractivity contribution in [3.8, 4) is 11.9 Å². The Bertz CT molecular complexity index is 1220. The number of nitrogens with zero attached hydrogens (tertiary/aromatic N) is 6. The Kier molecular flexibility index (Phi) is 6.96. The molecule has 0 saturated heterocycles. The Balaban J connectivity index is 1.68. The molecule has 178 valence electrons. The second kappa shape index (κ2) is 9.77. The van der Waals surface area contributed by atoms with E-state index in [0.29, 0.717) is 40.3 Å². The number of rotatable bonds is 8. The van der Waals surface area contributed by atoms with Gasteiger partial charge in [0.1, 0.15) is 12.4 Å². The molecule has 7 nitrogen and oxygen atoms in total. The van der Waals surface area contributed by atoms with E-state index in [1.54, 1.807) is 22.9 Å². The average Bonchev–Trinajstić information content (AvgIpc) is 3.54. The molecule has 1 atom stereocenters. The fourth-order valence-corrected chi connectivity index (χ4v) is 4.81. The van der Waals surface area contributed by atoms with Gasteiger partial charge in [-0.2, -0.15) is 15.0 Å². The van der Waals surface area contributed by atoms with Crippen molar-refractivity contribution in [1.29, 1.82) is 5.26 Å². The highest BCUT2D eigenvalue weighted by atomic mass is 35.5. The Morgan fingerprint density at radius 2 is 2.03 bits per heavy atom. The van der Waals surface area contributed by atoms with Gasteiger partial charge in [-0.3, -0.25) is 4.79 Å². The molecular weight excluding hydrogens is 468 g/mol. The molecule has 1 aliphatic carbocycles. The fourth-order valence-electron chi connectivity index (χ4n) is 3.83. The quantitative estimate of drug-likeness (QED) is 0.439. The largest absolute Gasteiger partial charge is 0.328 e. The number of aromatic nitrogens is 4. The summed E-state index contributed by atoms with van der Waals surface area (Å²) in [6.07, 6.45) is 12.0. The van der Waals surface area contributed by atoms with Crippen LogP contribution in [0.25, 0.3) is 5.82 Å². The standard InChI is InChI=1S/C25H29ClN6OS/c1-17(24-29-16-30-32(24)23-8-5-18(14-27)15-28-23)31(9-10-34(2,3)4)25(33)21-11-20(19-6-7-19)12-22(26)13-21/h5,8,11-13,15-17,19H,6-7,9-10H2,1-4H3. The van der Waals surface area contributed by atoms with Gasteiger partial charge < -0.3 is 4.90 Å². The lowest BCUT2D eigenvalue weighted by atomic mass is 10.1. The van der Waals surface area contributed by atoms with Crippen LogP contribution in [0, 0.1) is 11.3 Å². The van der Waals surface area contributed by atoms with E-state index in [2.05, 4.69) is 39.9 Å². The molecule has 9 heteroatoms. The summed E-state index contributed by atoms with van der Waals surface area (Å²) in [5, 5.41) is 14.0. The highest BCUT2D eigenvalue weighted by Crippen LogP contribution is 2.41. The molecule has 4 rings (SSSR count). The number of hydrogen-bond donors (Lipinski definition) is 0. The SMILES string of the molecule is CC(c1ncnn1-c1ccc(C#N)cn1)N(CCS(C)(C)C)C(=O)c1cc(Cl)cc(C2CC2)c1. The lowest BCUT2D eigenvalue weighted by Crippen LogP contribution is -2.37. The zero-order chi connectivity index (χ0) is 24.5. The van der Waals surface area contributed by atoms with Crippen LogP contribution < -0.4 is 0 Å². The minimum Gasteiger partial charge on any atom is -0.328 e. The van der Waals surface area contributed by atoms with Crippen LogP contribution in [0.5, 0.6) is 0 Å². The highest BCUT2D eigenvalue weighted by molar-refractivity contribution is 8.32. The van der Waals surface area contributed by atoms with Gasteiger partial charge in [-0.1, -0.05) is 11.6 Å². The van der Waals surface area contributed by atoms with Crippen LogP contribution in [0.4, 0.5) is 0 Å². The third-order valence-corrected chi connectivity index (χ3v) is 7.56. The van der Waals surface area contributed by atoms with Crippen molar-refractivity contribution in [3.05, 3.63) is 70.4 Å². The monoisotopic (exact) mass is 496 g/mol. The molecule has 0 aliphatic heterocycles. The fraction of sp³-hybridized carbons (Fsp3) is 0.400. The summed E-state index contributed by atoms with van der Waals surface area (Å²) >= 11 is 6.41. The highest BCUT2D eigenvalue weighted by Gasteiger charge is 2.30. The van der Waals surface area contributed by atoms with E-state index in [-0.39, 0.29) is 11.9 Å². The van der Waals surface area contributed by atoms with Gasteiger partial charge in [0.15, 0.2) is 11.6 Å². The first-order valence-electron chi connectivity index (χ1n) is 11.2. The lowest BCUT2D eigenvalue weighted by Gasteiger charge is -2.33. The molecule has 1 amide bonds. The number of nitriles is 1. The maximum Gasteiger partial charge on any atom is 0.254 e. The Labute approximate surface area is 207 Å². The number of amides is 1. The van der Waals surface area contributed by atoms with Crippen molar-refractivity contribution in [1.82, 2.24) is 24.6 Å². The summed E-state index contributed by atoms with van der Waals surface area (Å²) in [6, 6.07) is 10.9. The molecule has 3 aromatic rings. The van der Waals surface area contributed by atoms with E-state index in [1.165, 1.54) is 12.5 Å². The van der Waals surface area contributed by atoms with Gasteiger partial charge in [0, 0.05) is 23.3 Å². The minimum atomic E-state index is -0.833. The predicted molar refractivity (Wildman–Crippen MR) is 137 cm³/mol. The van der Waals surface area contributed by atoms with E-state index in [0.717, 1.165) is 24.2 Å². The molecule has 1 saturated carbocycles. The molecule has 0 spiro atoms. The number of carbonyl (C=O) groups is 1. The van der Waals surface area contributed by atoms with Crippen molar-refractivity contribution in [3.63, 3.8) is 0 Å². The van der Waals surface area contributed by atoms with Crippen molar-refractivity contribution in [2.75, 3.05) is 31.1 Å². The summed E-state index contributed by atoms with van der Waals surface area (Å²) in [7, 11) is -0.833. The van der Waals surface area contributed by atoms with Gasteiger partial charge >= 0.3 is 0 Å². The van der Waals surface area contributed by atoms with Crippen LogP contribution in [0.15, 0.2) is 42.9 Å². The average molecular weight is 497 g/mol. The molecule has 2 heterocycles. The molecular formula is C25H29ClN6OS. The van der Waals surface area contributed by atoms with Gasteiger partial charge in [-0.05, 0) is 86.1 Å². The second-order valence-corrected chi connectivity index (χ2v) is 14.6. The molecule has 1 fully saturated rings. The van der Waals surface area contributed by atoms with Crippen molar-refractivity contribution in [2.45, 2.75) is 31.7 Å². The zero-order valence-corrected chi connectivity index (χ0v) is 21.5. The van der Waals surface area contributed by atoms with Crippen LogP contribution in [-0.2, 0) is 0 Å². The summed E-state index contributed by atoms with van der Waals surface area (Å²) in [5.74, 6) is 2.50. The number of pyridine rings is 1. The van der Waals surface area contributed by atoms with E-state index in [1.807, 2.05) is 24.0 Å². The maximum absolute atomic E-state index is 13.8. The molecule has 1 aromatic carbocycles. The Morgan fingerprint density at radius 3 is 2.65 bits per heavy atom. The Morgan fingerprint density at radius 1 is 1.26 bits per heavy atom. The first kappa shape index (κ1) is 24.2. The number of benzene rings is 1. The van der Waals surface area contributed by atoms with E-state index < -0.39 is 10.0 Å². The minimum absolute atomic E-state index is 0.0668. The predicted octanol–water partition coefficient (Wildman–Crippen LogP) is 4.96.